The monoisotopic (exact) mass is 255 g/mol. The summed E-state index contributed by atoms with van der Waals surface area (Å²) in [4.78, 5) is 14.5. The van der Waals surface area contributed by atoms with E-state index in [1.165, 1.54) is 23.5 Å². The minimum atomic E-state index is -0.969. The van der Waals surface area contributed by atoms with Gasteiger partial charge in [-0.3, -0.25) is 0 Å². The number of benzene rings is 1. The number of aromatic nitrogens is 1. The summed E-state index contributed by atoms with van der Waals surface area (Å²) in [6.45, 7) is 0. The molecule has 0 aliphatic rings. The quantitative estimate of drug-likeness (QED) is 0.914. The van der Waals surface area contributed by atoms with Gasteiger partial charge in [0.05, 0.1) is 5.56 Å². The number of aromatic carboxylic acids is 1. The van der Waals surface area contributed by atoms with Crippen LogP contribution in [0.2, 0.25) is 5.15 Å². The van der Waals surface area contributed by atoms with E-state index in [1.807, 2.05) is 0 Å². The average Bonchev–Trinajstić information content (AvgIpc) is 2.65. The molecule has 6 heteroatoms. The second-order valence-corrected chi connectivity index (χ2v) is 4.08. The normalized spacial score (nSPS) is 10.1. The van der Waals surface area contributed by atoms with Gasteiger partial charge in [-0.15, -0.1) is 0 Å². The first kappa shape index (κ1) is 10.9. The van der Waals surface area contributed by atoms with Gasteiger partial charge in [0.25, 0.3) is 5.19 Å². The lowest BCUT2D eigenvalue weighted by molar-refractivity contribution is 0.0697. The van der Waals surface area contributed by atoms with Crippen LogP contribution in [0.15, 0.2) is 29.6 Å². The van der Waals surface area contributed by atoms with Gasteiger partial charge in [0.1, 0.15) is 10.9 Å². The highest BCUT2D eigenvalue weighted by molar-refractivity contribution is 7.11. The molecule has 0 unspecified atom stereocenters. The zero-order valence-corrected chi connectivity index (χ0v) is 9.46. The first-order chi connectivity index (χ1) is 7.65. The summed E-state index contributed by atoms with van der Waals surface area (Å²) in [7, 11) is 0. The number of ether oxygens (including phenoxy) is 1. The van der Waals surface area contributed by atoms with Gasteiger partial charge in [-0.25, -0.2) is 4.79 Å². The second kappa shape index (κ2) is 4.51. The number of rotatable bonds is 3. The summed E-state index contributed by atoms with van der Waals surface area (Å²) in [5.74, 6) is -0.445. The molecule has 0 saturated heterocycles. The molecule has 0 bridgehead atoms. The van der Waals surface area contributed by atoms with Crippen LogP contribution in [0.3, 0.4) is 0 Å². The molecule has 1 aromatic carbocycles. The standard InChI is InChI=1S/C10H6ClNO3S/c11-8-5-16-10(12-8)15-7-3-1-6(2-4-7)9(13)14/h1-5H,(H,13,14). The molecule has 0 atom stereocenters. The fourth-order valence-electron chi connectivity index (χ4n) is 1.05. The molecule has 2 aromatic rings. The van der Waals surface area contributed by atoms with E-state index in [-0.39, 0.29) is 5.56 Å². The molecule has 1 N–H and O–H groups in total. The maximum absolute atomic E-state index is 10.6. The Balaban J connectivity index is 2.14. The highest BCUT2D eigenvalue weighted by Gasteiger charge is 2.05. The minimum Gasteiger partial charge on any atom is -0.478 e. The third-order valence-electron chi connectivity index (χ3n) is 1.76. The van der Waals surface area contributed by atoms with Crippen molar-refractivity contribution in [3.05, 3.63) is 40.4 Å². The molecule has 0 fully saturated rings. The number of carboxylic acids is 1. The van der Waals surface area contributed by atoms with Gasteiger partial charge in [-0.2, -0.15) is 4.98 Å². The Morgan fingerprint density at radius 1 is 1.38 bits per heavy atom. The van der Waals surface area contributed by atoms with Gasteiger partial charge < -0.3 is 9.84 Å². The van der Waals surface area contributed by atoms with Crippen LogP contribution in [0.5, 0.6) is 10.9 Å². The Labute approximate surface area is 100 Å². The van der Waals surface area contributed by atoms with E-state index < -0.39 is 5.97 Å². The summed E-state index contributed by atoms with van der Waals surface area (Å²) >= 11 is 6.91. The van der Waals surface area contributed by atoms with E-state index in [0.29, 0.717) is 16.1 Å². The van der Waals surface area contributed by atoms with Crippen LogP contribution in [-0.2, 0) is 0 Å². The molecule has 1 aromatic heterocycles. The molecule has 82 valence electrons. The Bertz CT molecular complexity index is 509. The molecule has 0 aliphatic carbocycles. The van der Waals surface area contributed by atoms with Gasteiger partial charge in [0.2, 0.25) is 0 Å². The maximum Gasteiger partial charge on any atom is 0.335 e. The van der Waals surface area contributed by atoms with Gasteiger partial charge in [-0.05, 0) is 24.3 Å². The summed E-state index contributed by atoms with van der Waals surface area (Å²) in [5, 5.41) is 11.2. The molecular weight excluding hydrogens is 250 g/mol. The highest BCUT2D eigenvalue weighted by Crippen LogP contribution is 2.26. The molecule has 0 saturated carbocycles. The lowest BCUT2D eigenvalue weighted by Crippen LogP contribution is -1.95. The van der Waals surface area contributed by atoms with Gasteiger partial charge >= 0.3 is 5.97 Å². The van der Waals surface area contributed by atoms with E-state index in [2.05, 4.69) is 4.98 Å². The minimum absolute atomic E-state index is 0.213. The lowest BCUT2D eigenvalue weighted by Gasteiger charge is -2.01. The summed E-state index contributed by atoms with van der Waals surface area (Å²) in [6, 6.07) is 6.07. The van der Waals surface area contributed by atoms with E-state index in [0.717, 1.165) is 0 Å². The third kappa shape index (κ3) is 2.50. The summed E-state index contributed by atoms with van der Waals surface area (Å²) in [6.07, 6.45) is 0. The van der Waals surface area contributed by atoms with Gasteiger partial charge in [0, 0.05) is 5.38 Å². The number of hydrogen-bond acceptors (Lipinski definition) is 4. The largest absolute Gasteiger partial charge is 0.478 e. The molecule has 0 aliphatic heterocycles. The van der Waals surface area contributed by atoms with E-state index >= 15 is 0 Å². The molecule has 2 rings (SSSR count). The van der Waals surface area contributed by atoms with Crippen molar-refractivity contribution in [1.29, 1.82) is 0 Å². The topological polar surface area (TPSA) is 59.4 Å². The van der Waals surface area contributed by atoms with Crippen LogP contribution in [-0.4, -0.2) is 16.1 Å². The van der Waals surface area contributed by atoms with E-state index in [1.54, 1.807) is 17.5 Å². The van der Waals surface area contributed by atoms with Gasteiger partial charge in [0.15, 0.2) is 0 Å². The molecular formula is C10H6ClNO3S. The van der Waals surface area contributed by atoms with E-state index in [4.69, 9.17) is 21.4 Å². The van der Waals surface area contributed by atoms with Crippen molar-refractivity contribution in [2.45, 2.75) is 0 Å². The summed E-state index contributed by atoms with van der Waals surface area (Å²) < 4.78 is 5.36. The first-order valence-corrected chi connectivity index (χ1v) is 5.53. The zero-order chi connectivity index (χ0) is 11.5. The van der Waals surface area contributed by atoms with Crippen LogP contribution < -0.4 is 4.74 Å². The van der Waals surface area contributed by atoms with Crippen molar-refractivity contribution < 1.29 is 14.6 Å². The van der Waals surface area contributed by atoms with Crippen molar-refractivity contribution >= 4 is 28.9 Å². The number of nitrogens with zero attached hydrogens (tertiary/aromatic N) is 1. The van der Waals surface area contributed by atoms with Crippen LogP contribution in [0.25, 0.3) is 0 Å². The smallest absolute Gasteiger partial charge is 0.335 e. The number of halogens is 1. The van der Waals surface area contributed by atoms with Crippen LogP contribution in [0.1, 0.15) is 10.4 Å². The number of carbonyl (C=O) groups is 1. The Hall–Kier alpha value is -1.59. The Morgan fingerprint density at radius 2 is 2.06 bits per heavy atom. The fourth-order valence-corrected chi connectivity index (χ4v) is 1.86. The molecule has 16 heavy (non-hydrogen) atoms. The summed E-state index contributed by atoms with van der Waals surface area (Å²) in [5.41, 5.74) is 0.213. The average molecular weight is 256 g/mol. The maximum atomic E-state index is 10.6. The predicted molar refractivity (Wildman–Crippen MR) is 60.6 cm³/mol. The molecule has 0 radical (unpaired) electrons. The van der Waals surface area contributed by atoms with Crippen molar-refractivity contribution in [2.24, 2.45) is 0 Å². The van der Waals surface area contributed by atoms with Crippen LogP contribution >= 0.6 is 22.9 Å². The predicted octanol–water partition coefficient (Wildman–Crippen LogP) is 3.29. The fraction of sp³-hybridized carbons (Fsp3) is 0. The van der Waals surface area contributed by atoms with Crippen molar-refractivity contribution in [2.75, 3.05) is 0 Å². The highest BCUT2D eigenvalue weighted by atomic mass is 35.5. The van der Waals surface area contributed by atoms with Gasteiger partial charge in [-0.1, -0.05) is 22.9 Å². The van der Waals surface area contributed by atoms with Crippen molar-refractivity contribution in [1.82, 2.24) is 4.98 Å². The van der Waals surface area contributed by atoms with Crippen LogP contribution in [0.4, 0.5) is 0 Å². The molecule has 1 heterocycles. The SMILES string of the molecule is O=C(O)c1ccc(Oc2nc(Cl)cs2)cc1. The lowest BCUT2D eigenvalue weighted by atomic mass is 10.2. The molecule has 0 spiro atoms. The van der Waals surface area contributed by atoms with E-state index in [9.17, 15) is 4.79 Å². The third-order valence-corrected chi connectivity index (χ3v) is 2.80. The number of carboxylic acid groups (broad SMARTS) is 1. The Kier molecular flexibility index (Phi) is 3.07. The molecule has 4 nitrogen and oxygen atoms in total. The van der Waals surface area contributed by atoms with Crippen molar-refractivity contribution in [3.63, 3.8) is 0 Å². The van der Waals surface area contributed by atoms with Crippen LogP contribution in [0, 0.1) is 0 Å². The zero-order valence-electron chi connectivity index (χ0n) is 7.88. The van der Waals surface area contributed by atoms with Crippen molar-refractivity contribution in [3.8, 4) is 10.9 Å². The first-order valence-electron chi connectivity index (χ1n) is 4.27. The second-order valence-electron chi connectivity index (χ2n) is 2.87. The Morgan fingerprint density at radius 3 is 2.56 bits per heavy atom. The molecule has 0 amide bonds. The number of hydrogen-bond donors (Lipinski definition) is 1. The number of thiazole rings is 1.